The highest BCUT2D eigenvalue weighted by Gasteiger charge is 2.15. The van der Waals surface area contributed by atoms with E-state index in [9.17, 15) is 5.11 Å². The predicted octanol–water partition coefficient (Wildman–Crippen LogP) is 0.970. The Morgan fingerprint density at radius 2 is 1.83 bits per heavy atom. The maximum Gasteiger partial charge on any atom is 0.0927 e. The fourth-order valence-corrected chi connectivity index (χ4v) is 1.61. The first-order valence-electron chi connectivity index (χ1n) is 6.37. The van der Waals surface area contributed by atoms with Crippen LogP contribution in [0.3, 0.4) is 0 Å². The van der Waals surface area contributed by atoms with E-state index in [2.05, 4.69) is 0 Å². The van der Waals surface area contributed by atoms with E-state index in [1.807, 2.05) is 37.3 Å². The van der Waals surface area contributed by atoms with Gasteiger partial charge in [0.25, 0.3) is 0 Å². The molecule has 4 heteroatoms. The van der Waals surface area contributed by atoms with Crippen LogP contribution in [-0.4, -0.2) is 43.7 Å². The van der Waals surface area contributed by atoms with Crippen LogP contribution in [0.25, 0.3) is 0 Å². The van der Waals surface area contributed by atoms with Gasteiger partial charge in [0, 0.05) is 12.6 Å². The smallest absolute Gasteiger partial charge is 0.0927 e. The Labute approximate surface area is 109 Å². The van der Waals surface area contributed by atoms with Crippen molar-refractivity contribution in [2.75, 3.05) is 26.4 Å². The first-order chi connectivity index (χ1) is 8.74. The summed E-state index contributed by atoms with van der Waals surface area (Å²) in [7, 11) is 0. The number of benzene rings is 1. The van der Waals surface area contributed by atoms with Crippen LogP contribution in [0.5, 0.6) is 0 Å². The van der Waals surface area contributed by atoms with Crippen molar-refractivity contribution in [3.63, 3.8) is 0 Å². The van der Waals surface area contributed by atoms with Gasteiger partial charge in [-0.1, -0.05) is 30.3 Å². The molecule has 0 aliphatic rings. The number of aliphatic hydroxyl groups excluding tert-OH is 1. The molecular weight excluding hydrogens is 230 g/mol. The van der Waals surface area contributed by atoms with Crippen molar-refractivity contribution in [3.05, 3.63) is 35.9 Å². The molecule has 0 aliphatic carbocycles. The molecule has 0 fully saturated rings. The molecule has 2 atom stereocenters. The second kappa shape index (κ2) is 9.05. The Morgan fingerprint density at radius 3 is 2.50 bits per heavy atom. The zero-order valence-corrected chi connectivity index (χ0v) is 10.9. The number of ether oxygens (including phenoxy) is 2. The van der Waals surface area contributed by atoms with E-state index >= 15 is 0 Å². The fourth-order valence-electron chi connectivity index (χ4n) is 1.61. The van der Waals surface area contributed by atoms with Gasteiger partial charge in [-0.05, 0) is 18.9 Å². The highest BCUT2D eigenvalue weighted by Crippen LogP contribution is 2.04. The minimum atomic E-state index is -0.646. The van der Waals surface area contributed by atoms with Gasteiger partial charge < -0.3 is 20.3 Å². The molecule has 2 unspecified atom stereocenters. The Kier molecular flexibility index (Phi) is 7.60. The lowest BCUT2D eigenvalue weighted by molar-refractivity contribution is -0.00227. The summed E-state index contributed by atoms with van der Waals surface area (Å²) >= 11 is 0. The Balaban J connectivity index is 2.18. The zero-order valence-electron chi connectivity index (χ0n) is 10.9. The van der Waals surface area contributed by atoms with Gasteiger partial charge in [0.1, 0.15) is 0 Å². The number of aliphatic hydroxyl groups is 1. The lowest BCUT2D eigenvalue weighted by Crippen LogP contribution is -2.39. The molecule has 3 N–H and O–H groups in total. The summed E-state index contributed by atoms with van der Waals surface area (Å²) in [5.74, 6) is 0. The molecule has 1 aromatic rings. The van der Waals surface area contributed by atoms with Crippen molar-refractivity contribution in [2.45, 2.75) is 25.5 Å². The van der Waals surface area contributed by atoms with E-state index in [0.29, 0.717) is 26.2 Å². The molecule has 0 heterocycles. The molecule has 0 saturated carbocycles. The largest absolute Gasteiger partial charge is 0.389 e. The summed E-state index contributed by atoms with van der Waals surface area (Å²) < 4.78 is 10.4. The second-order valence-corrected chi connectivity index (χ2v) is 4.19. The highest BCUT2D eigenvalue weighted by atomic mass is 16.5. The van der Waals surface area contributed by atoms with Crippen LogP contribution in [0.1, 0.15) is 12.5 Å². The maximum atomic E-state index is 9.84. The van der Waals surface area contributed by atoms with Gasteiger partial charge in [-0.15, -0.1) is 0 Å². The zero-order chi connectivity index (χ0) is 13.2. The summed E-state index contributed by atoms with van der Waals surface area (Å²) in [4.78, 5) is 0. The van der Waals surface area contributed by atoms with Crippen molar-refractivity contribution < 1.29 is 14.6 Å². The number of nitrogens with two attached hydrogens (primary N) is 1. The van der Waals surface area contributed by atoms with Crippen molar-refractivity contribution >= 4 is 0 Å². The molecule has 1 rings (SSSR count). The van der Waals surface area contributed by atoms with E-state index in [1.165, 1.54) is 0 Å². The van der Waals surface area contributed by atoms with Crippen LogP contribution >= 0.6 is 0 Å². The molecule has 0 saturated heterocycles. The van der Waals surface area contributed by atoms with Gasteiger partial charge >= 0.3 is 0 Å². The predicted molar refractivity (Wildman–Crippen MR) is 71.4 cm³/mol. The third-order valence-electron chi connectivity index (χ3n) is 2.67. The lowest BCUT2D eigenvalue weighted by Gasteiger charge is -2.19. The normalized spacial score (nSPS) is 14.4. The quantitative estimate of drug-likeness (QED) is 0.644. The Bertz CT molecular complexity index is 305. The molecule has 0 aliphatic heterocycles. The van der Waals surface area contributed by atoms with E-state index in [1.54, 1.807) is 0 Å². The van der Waals surface area contributed by atoms with Crippen molar-refractivity contribution in [3.8, 4) is 0 Å². The van der Waals surface area contributed by atoms with E-state index < -0.39 is 6.10 Å². The minimum absolute atomic E-state index is 0.251. The molecule has 0 amide bonds. The van der Waals surface area contributed by atoms with Crippen LogP contribution in [-0.2, 0) is 15.9 Å². The third kappa shape index (κ3) is 6.12. The van der Waals surface area contributed by atoms with Crippen LogP contribution in [0, 0.1) is 0 Å². The third-order valence-corrected chi connectivity index (χ3v) is 2.67. The van der Waals surface area contributed by atoms with Gasteiger partial charge in [0.05, 0.1) is 25.9 Å². The molecular formula is C14H23NO3. The summed E-state index contributed by atoms with van der Waals surface area (Å²) in [5.41, 5.74) is 7.05. The maximum absolute atomic E-state index is 9.84. The lowest BCUT2D eigenvalue weighted by atomic mass is 10.0. The van der Waals surface area contributed by atoms with Crippen LogP contribution in [0.4, 0.5) is 0 Å². The molecule has 0 bridgehead atoms. The second-order valence-electron chi connectivity index (χ2n) is 4.19. The first-order valence-corrected chi connectivity index (χ1v) is 6.37. The van der Waals surface area contributed by atoms with Gasteiger partial charge in [-0.25, -0.2) is 0 Å². The van der Waals surface area contributed by atoms with Crippen molar-refractivity contribution in [1.82, 2.24) is 0 Å². The summed E-state index contributed by atoms with van der Waals surface area (Å²) in [6.45, 7) is 3.91. The summed E-state index contributed by atoms with van der Waals surface area (Å²) in [6, 6.07) is 9.59. The first kappa shape index (κ1) is 15.1. The monoisotopic (exact) mass is 253 g/mol. The molecule has 1 aromatic carbocycles. The van der Waals surface area contributed by atoms with Gasteiger partial charge in [0.2, 0.25) is 0 Å². The number of hydrogen-bond acceptors (Lipinski definition) is 4. The minimum Gasteiger partial charge on any atom is -0.389 e. The molecule has 0 aromatic heterocycles. The molecule has 0 spiro atoms. The molecule has 4 nitrogen and oxygen atoms in total. The Morgan fingerprint density at radius 1 is 1.17 bits per heavy atom. The van der Waals surface area contributed by atoms with Gasteiger partial charge in [-0.3, -0.25) is 0 Å². The molecule has 0 radical (unpaired) electrons. The van der Waals surface area contributed by atoms with Crippen molar-refractivity contribution in [2.24, 2.45) is 5.73 Å². The van der Waals surface area contributed by atoms with E-state index in [4.69, 9.17) is 15.2 Å². The number of hydrogen-bond donors (Lipinski definition) is 2. The summed E-state index contributed by atoms with van der Waals surface area (Å²) in [5, 5.41) is 9.84. The standard InChI is InChI=1S/C14H23NO3/c1-2-17-8-9-18-11-14(16)13(15)10-12-6-4-3-5-7-12/h3-7,13-14,16H,2,8-11,15H2,1H3. The van der Waals surface area contributed by atoms with Gasteiger partial charge in [-0.2, -0.15) is 0 Å². The molecule has 18 heavy (non-hydrogen) atoms. The number of rotatable bonds is 9. The van der Waals surface area contributed by atoms with E-state index in [0.717, 1.165) is 5.56 Å². The van der Waals surface area contributed by atoms with Crippen LogP contribution in [0.2, 0.25) is 0 Å². The average Bonchev–Trinajstić information content (AvgIpc) is 2.39. The molecule has 102 valence electrons. The highest BCUT2D eigenvalue weighted by molar-refractivity contribution is 5.16. The topological polar surface area (TPSA) is 64.7 Å². The van der Waals surface area contributed by atoms with Gasteiger partial charge in [0.15, 0.2) is 0 Å². The van der Waals surface area contributed by atoms with Crippen LogP contribution < -0.4 is 5.73 Å². The SMILES string of the molecule is CCOCCOCC(O)C(N)Cc1ccccc1. The average molecular weight is 253 g/mol. The van der Waals surface area contributed by atoms with Crippen molar-refractivity contribution in [1.29, 1.82) is 0 Å². The fraction of sp³-hybridized carbons (Fsp3) is 0.571. The van der Waals surface area contributed by atoms with E-state index in [-0.39, 0.29) is 12.6 Å². The van der Waals surface area contributed by atoms with Crippen LogP contribution in [0.15, 0.2) is 30.3 Å². The Hall–Kier alpha value is -0.940. The summed E-state index contributed by atoms with van der Waals surface area (Å²) in [6.07, 6.45) is 0.00318.